The lowest BCUT2D eigenvalue weighted by Gasteiger charge is -2.20. The third kappa shape index (κ3) is 6.65. The van der Waals surface area contributed by atoms with E-state index in [1.807, 2.05) is 30.3 Å². The van der Waals surface area contributed by atoms with Crippen LogP contribution in [0.1, 0.15) is 35.3 Å². The number of rotatable bonds is 11. The minimum Gasteiger partial charge on any atom is -0.493 e. The van der Waals surface area contributed by atoms with Crippen molar-refractivity contribution in [3.05, 3.63) is 87.5 Å². The molecule has 208 valence electrons. The van der Waals surface area contributed by atoms with Crippen LogP contribution in [0.25, 0.3) is 0 Å². The molecule has 40 heavy (non-hydrogen) atoms. The summed E-state index contributed by atoms with van der Waals surface area (Å²) in [5.41, 5.74) is 3.32. The number of nitrogens with one attached hydrogen (secondary N) is 2. The van der Waals surface area contributed by atoms with Crippen LogP contribution in [-0.2, 0) is 11.4 Å². The molecule has 0 radical (unpaired) electrons. The number of fused-ring (bicyclic) bond motifs is 1. The van der Waals surface area contributed by atoms with Crippen LogP contribution in [0.4, 0.5) is 5.69 Å². The van der Waals surface area contributed by atoms with Crippen molar-refractivity contribution in [1.29, 1.82) is 0 Å². The van der Waals surface area contributed by atoms with Crippen LogP contribution in [-0.4, -0.2) is 42.9 Å². The van der Waals surface area contributed by atoms with Crippen LogP contribution >= 0.6 is 0 Å². The highest BCUT2D eigenvalue weighted by Gasteiger charge is 2.26. The molecule has 0 bridgehead atoms. The zero-order chi connectivity index (χ0) is 28.6. The number of benzene rings is 3. The van der Waals surface area contributed by atoms with E-state index in [0.717, 1.165) is 11.8 Å². The zero-order valence-electron chi connectivity index (χ0n) is 22.1. The van der Waals surface area contributed by atoms with Crippen molar-refractivity contribution < 1.29 is 33.5 Å². The summed E-state index contributed by atoms with van der Waals surface area (Å²) in [6, 6.07) is 15.7. The number of hydrazone groups is 1. The third-order valence-electron chi connectivity index (χ3n) is 6.00. The minimum absolute atomic E-state index is 0.0723. The highest BCUT2D eigenvalue weighted by molar-refractivity contribution is 5.98. The molecule has 3 aromatic rings. The first kappa shape index (κ1) is 27.9. The van der Waals surface area contributed by atoms with E-state index in [-0.39, 0.29) is 42.1 Å². The number of carbonyl (C=O) groups excluding carboxylic acids is 2. The summed E-state index contributed by atoms with van der Waals surface area (Å²) < 4.78 is 21.7. The molecule has 1 aliphatic heterocycles. The van der Waals surface area contributed by atoms with Gasteiger partial charge in [-0.05, 0) is 35.7 Å². The van der Waals surface area contributed by atoms with E-state index in [9.17, 15) is 19.7 Å². The SMILES string of the molecule is COc1cc(/C=N/NC(=O)[C@@H](NC(=O)c2ccc3c(c2)OCO3)C(C)C)c([N+](=O)[O-])cc1OCc1ccccc1. The Morgan fingerprint density at radius 3 is 2.52 bits per heavy atom. The van der Waals surface area contributed by atoms with E-state index < -0.39 is 22.8 Å². The van der Waals surface area contributed by atoms with Gasteiger partial charge in [0.15, 0.2) is 23.0 Å². The number of nitro groups is 1. The van der Waals surface area contributed by atoms with Gasteiger partial charge in [0, 0.05) is 5.56 Å². The van der Waals surface area contributed by atoms with Gasteiger partial charge in [-0.25, -0.2) is 5.43 Å². The summed E-state index contributed by atoms with van der Waals surface area (Å²) in [6.45, 7) is 3.78. The van der Waals surface area contributed by atoms with E-state index in [2.05, 4.69) is 15.8 Å². The van der Waals surface area contributed by atoms with Gasteiger partial charge in [-0.2, -0.15) is 5.10 Å². The molecule has 2 N–H and O–H groups in total. The lowest BCUT2D eigenvalue weighted by Crippen LogP contribution is -2.48. The molecule has 0 aliphatic carbocycles. The number of ether oxygens (including phenoxy) is 4. The summed E-state index contributed by atoms with van der Waals surface area (Å²) in [4.78, 5) is 36.9. The second-order valence-electron chi connectivity index (χ2n) is 9.09. The van der Waals surface area contributed by atoms with E-state index in [1.54, 1.807) is 26.0 Å². The number of nitrogens with zero attached hydrogens (tertiary/aromatic N) is 2. The monoisotopic (exact) mass is 548 g/mol. The van der Waals surface area contributed by atoms with Crippen molar-refractivity contribution in [3.8, 4) is 23.0 Å². The molecule has 12 heteroatoms. The van der Waals surface area contributed by atoms with Gasteiger partial charge in [-0.3, -0.25) is 19.7 Å². The van der Waals surface area contributed by atoms with Crippen molar-refractivity contribution in [3.63, 3.8) is 0 Å². The first-order valence-corrected chi connectivity index (χ1v) is 12.3. The van der Waals surface area contributed by atoms with Crippen LogP contribution in [0.15, 0.2) is 65.8 Å². The van der Waals surface area contributed by atoms with Gasteiger partial charge in [-0.15, -0.1) is 0 Å². The van der Waals surface area contributed by atoms with Crippen LogP contribution in [0.2, 0.25) is 0 Å². The van der Waals surface area contributed by atoms with Crippen molar-refractivity contribution >= 4 is 23.7 Å². The van der Waals surface area contributed by atoms with Gasteiger partial charge in [0.05, 0.1) is 29.9 Å². The Kier molecular flexibility index (Phi) is 8.79. The molecule has 1 atom stereocenters. The number of hydrogen-bond donors (Lipinski definition) is 2. The van der Waals surface area contributed by atoms with Crippen molar-refractivity contribution in [2.24, 2.45) is 11.0 Å². The molecule has 4 rings (SSSR count). The summed E-state index contributed by atoms with van der Waals surface area (Å²) in [5, 5.41) is 18.4. The number of methoxy groups -OCH3 is 1. The molecule has 0 unspecified atom stereocenters. The average Bonchev–Trinajstić information content (AvgIpc) is 3.43. The Balaban J connectivity index is 1.45. The predicted molar refractivity (Wildman–Crippen MR) is 145 cm³/mol. The molecular formula is C28H28N4O8. The molecule has 1 heterocycles. The molecule has 3 aromatic carbocycles. The topological polar surface area (TPSA) is 151 Å². The maximum absolute atomic E-state index is 12.9. The molecule has 0 fully saturated rings. The Hall–Kier alpha value is -5.13. The van der Waals surface area contributed by atoms with Gasteiger partial charge in [0.1, 0.15) is 12.6 Å². The van der Waals surface area contributed by atoms with Crippen molar-refractivity contribution in [2.75, 3.05) is 13.9 Å². The molecule has 1 aliphatic rings. The van der Waals surface area contributed by atoms with Crippen LogP contribution in [0.5, 0.6) is 23.0 Å². The highest BCUT2D eigenvalue weighted by Crippen LogP contribution is 2.35. The Morgan fingerprint density at radius 1 is 1.07 bits per heavy atom. The van der Waals surface area contributed by atoms with Crippen LogP contribution < -0.4 is 29.7 Å². The van der Waals surface area contributed by atoms with Crippen molar-refractivity contribution in [2.45, 2.75) is 26.5 Å². The largest absolute Gasteiger partial charge is 0.493 e. The maximum atomic E-state index is 12.9. The second kappa shape index (κ2) is 12.6. The summed E-state index contributed by atoms with van der Waals surface area (Å²) in [5.74, 6) is 0.0431. The van der Waals surface area contributed by atoms with Gasteiger partial charge in [-0.1, -0.05) is 44.2 Å². The first-order valence-electron chi connectivity index (χ1n) is 12.3. The number of hydrogen-bond acceptors (Lipinski definition) is 9. The number of nitro benzene ring substituents is 1. The van der Waals surface area contributed by atoms with E-state index in [4.69, 9.17) is 18.9 Å². The fourth-order valence-electron chi connectivity index (χ4n) is 3.87. The Labute approximate surface area is 230 Å². The van der Waals surface area contributed by atoms with Crippen LogP contribution in [0.3, 0.4) is 0 Å². The standard InChI is InChI=1S/C28H28N4O8/c1-17(2)26(30-27(33)19-9-10-22-24(11-19)40-16-39-22)28(34)31-29-14-20-12-23(37-3)25(13-21(20)32(35)36)38-15-18-7-5-4-6-8-18/h4-14,17,26H,15-16H2,1-3H3,(H,30,33)(H,31,34)/b29-14+/t26-/m0/s1. The lowest BCUT2D eigenvalue weighted by atomic mass is 10.0. The normalized spacial score (nSPS) is 12.7. The number of carbonyl (C=O) groups is 2. The fraction of sp³-hybridized carbons (Fsp3) is 0.250. The third-order valence-corrected chi connectivity index (χ3v) is 6.00. The van der Waals surface area contributed by atoms with Crippen LogP contribution in [0, 0.1) is 16.0 Å². The zero-order valence-corrected chi connectivity index (χ0v) is 22.1. The average molecular weight is 549 g/mol. The summed E-state index contributed by atoms with van der Waals surface area (Å²) >= 11 is 0. The smallest absolute Gasteiger partial charge is 0.282 e. The molecule has 0 aromatic heterocycles. The molecule has 0 spiro atoms. The lowest BCUT2D eigenvalue weighted by molar-refractivity contribution is -0.385. The van der Waals surface area contributed by atoms with E-state index in [1.165, 1.54) is 25.3 Å². The van der Waals surface area contributed by atoms with Gasteiger partial charge in [0.25, 0.3) is 17.5 Å². The Bertz CT molecular complexity index is 1430. The van der Waals surface area contributed by atoms with Gasteiger partial charge < -0.3 is 24.3 Å². The van der Waals surface area contributed by atoms with Gasteiger partial charge in [0.2, 0.25) is 6.79 Å². The van der Waals surface area contributed by atoms with E-state index in [0.29, 0.717) is 17.1 Å². The summed E-state index contributed by atoms with van der Waals surface area (Å²) in [7, 11) is 1.41. The highest BCUT2D eigenvalue weighted by atomic mass is 16.7. The molecule has 12 nitrogen and oxygen atoms in total. The minimum atomic E-state index is -0.937. The number of amides is 2. The van der Waals surface area contributed by atoms with Crippen molar-refractivity contribution in [1.82, 2.24) is 10.7 Å². The first-order chi connectivity index (χ1) is 19.3. The summed E-state index contributed by atoms with van der Waals surface area (Å²) in [6.07, 6.45) is 1.14. The Morgan fingerprint density at radius 2 is 1.82 bits per heavy atom. The molecule has 0 saturated heterocycles. The second-order valence-corrected chi connectivity index (χ2v) is 9.09. The molecule has 2 amide bonds. The molecule has 0 saturated carbocycles. The quantitative estimate of drug-likeness (QED) is 0.209. The molecular weight excluding hydrogens is 520 g/mol. The predicted octanol–water partition coefficient (Wildman–Crippen LogP) is 3.82. The van der Waals surface area contributed by atoms with Gasteiger partial charge >= 0.3 is 0 Å². The fourth-order valence-corrected chi connectivity index (χ4v) is 3.87. The van der Waals surface area contributed by atoms with E-state index >= 15 is 0 Å². The maximum Gasteiger partial charge on any atom is 0.282 e.